The van der Waals surface area contributed by atoms with E-state index in [1.165, 1.54) is 0 Å². The van der Waals surface area contributed by atoms with Gasteiger partial charge >= 0.3 is 0 Å². The summed E-state index contributed by atoms with van der Waals surface area (Å²) in [5.41, 5.74) is 2.80. The number of thioether (sulfide) groups is 1. The third kappa shape index (κ3) is 3.28. The molecule has 1 aromatic heterocycles. The number of carbonyl (C=O) groups excluding carboxylic acids is 1. The van der Waals surface area contributed by atoms with E-state index < -0.39 is 0 Å². The number of amides is 1. The second-order valence-corrected chi connectivity index (χ2v) is 4.71. The van der Waals surface area contributed by atoms with Gasteiger partial charge in [0.15, 0.2) is 0 Å². The Bertz CT molecular complexity index is 306. The monoisotopic (exact) mass is 225 g/mol. The van der Waals surface area contributed by atoms with Gasteiger partial charge in [0.05, 0.1) is 0 Å². The normalized spacial score (nSPS) is 21.2. The standard InChI is InChI=1S/C10H15N3OS/c14-10(12-13-4-1-2-5-13)7-9-8-15-6-3-11-9/h1-2,4-5,9,11H,3,6-8H2,(H,12,14). The molecule has 1 atom stereocenters. The van der Waals surface area contributed by atoms with Crippen molar-refractivity contribution in [2.75, 3.05) is 23.5 Å². The Balaban J connectivity index is 1.76. The summed E-state index contributed by atoms with van der Waals surface area (Å²) in [5.74, 6) is 2.24. The fourth-order valence-electron chi connectivity index (χ4n) is 1.57. The number of hydrogen-bond donors (Lipinski definition) is 2. The molecule has 0 aliphatic carbocycles. The molecule has 15 heavy (non-hydrogen) atoms. The third-order valence-corrected chi connectivity index (χ3v) is 3.42. The molecule has 1 aromatic rings. The summed E-state index contributed by atoms with van der Waals surface area (Å²) >= 11 is 1.90. The Morgan fingerprint density at radius 3 is 3.00 bits per heavy atom. The number of nitrogens with one attached hydrogen (secondary N) is 2. The molecule has 1 saturated heterocycles. The summed E-state index contributed by atoms with van der Waals surface area (Å²) in [7, 11) is 0. The highest BCUT2D eigenvalue weighted by Gasteiger charge is 2.16. The highest BCUT2D eigenvalue weighted by Crippen LogP contribution is 2.10. The fraction of sp³-hybridized carbons (Fsp3) is 0.500. The van der Waals surface area contributed by atoms with Crippen molar-refractivity contribution in [1.82, 2.24) is 9.99 Å². The zero-order chi connectivity index (χ0) is 10.5. The topological polar surface area (TPSA) is 46.1 Å². The second-order valence-electron chi connectivity index (χ2n) is 3.56. The molecule has 0 bridgehead atoms. The van der Waals surface area contributed by atoms with Crippen molar-refractivity contribution in [3.8, 4) is 0 Å². The Hall–Kier alpha value is -0.940. The van der Waals surface area contributed by atoms with Crippen LogP contribution in [0.15, 0.2) is 24.5 Å². The van der Waals surface area contributed by atoms with Gasteiger partial charge in [-0.2, -0.15) is 11.8 Å². The van der Waals surface area contributed by atoms with Gasteiger partial charge in [-0.25, -0.2) is 0 Å². The molecule has 1 aliphatic rings. The van der Waals surface area contributed by atoms with Crippen LogP contribution >= 0.6 is 11.8 Å². The first kappa shape index (κ1) is 10.6. The molecular formula is C10H15N3OS. The Kier molecular flexibility index (Phi) is 3.69. The van der Waals surface area contributed by atoms with Gasteiger partial charge in [-0.1, -0.05) is 0 Å². The number of nitrogens with zero attached hydrogens (tertiary/aromatic N) is 1. The van der Waals surface area contributed by atoms with Gasteiger partial charge < -0.3 is 5.32 Å². The molecule has 0 saturated carbocycles. The Morgan fingerprint density at radius 1 is 1.53 bits per heavy atom. The van der Waals surface area contributed by atoms with Crippen LogP contribution in [0.25, 0.3) is 0 Å². The van der Waals surface area contributed by atoms with E-state index in [-0.39, 0.29) is 5.91 Å². The molecule has 1 fully saturated rings. The smallest absolute Gasteiger partial charge is 0.240 e. The van der Waals surface area contributed by atoms with Gasteiger partial charge in [-0.05, 0) is 12.1 Å². The van der Waals surface area contributed by atoms with E-state index in [0.29, 0.717) is 12.5 Å². The molecule has 4 nitrogen and oxygen atoms in total. The molecule has 5 heteroatoms. The summed E-state index contributed by atoms with van der Waals surface area (Å²) in [5, 5.41) is 3.34. The highest BCUT2D eigenvalue weighted by atomic mass is 32.2. The van der Waals surface area contributed by atoms with E-state index in [0.717, 1.165) is 18.1 Å². The first-order valence-corrected chi connectivity index (χ1v) is 6.24. The van der Waals surface area contributed by atoms with Gasteiger partial charge in [0.2, 0.25) is 5.91 Å². The van der Waals surface area contributed by atoms with Crippen molar-refractivity contribution >= 4 is 17.7 Å². The number of rotatable bonds is 3. The van der Waals surface area contributed by atoms with E-state index in [4.69, 9.17) is 0 Å². The van der Waals surface area contributed by atoms with Crippen molar-refractivity contribution in [3.63, 3.8) is 0 Å². The molecule has 0 spiro atoms. The minimum Gasteiger partial charge on any atom is -0.312 e. The molecule has 1 aliphatic heterocycles. The maximum Gasteiger partial charge on any atom is 0.240 e. The maximum atomic E-state index is 11.6. The zero-order valence-electron chi connectivity index (χ0n) is 8.48. The van der Waals surface area contributed by atoms with Crippen LogP contribution in [0.4, 0.5) is 0 Å². The molecular weight excluding hydrogens is 210 g/mol. The van der Waals surface area contributed by atoms with Crippen molar-refractivity contribution in [2.24, 2.45) is 0 Å². The maximum absolute atomic E-state index is 11.6. The number of hydrogen-bond acceptors (Lipinski definition) is 3. The highest BCUT2D eigenvalue weighted by molar-refractivity contribution is 7.99. The van der Waals surface area contributed by atoms with E-state index in [1.54, 1.807) is 4.68 Å². The summed E-state index contributed by atoms with van der Waals surface area (Å²) in [4.78, 5) is 11.6. The lowest BCUT2D eigenvalue weighted by atomic mass is 10.2. The molecule has 2 N–H and O–H groups in total. The molecule has 2 rings (SSSR count). The predicted octanol–water partition coefficient (Wildman–Crippen LogP) is 0.653. The van der Waals surface area contributed by atoms with Gasteiger partial charge in [0.25, 0.3) is 0 Å². The summed E-state index contributed by atoms with van der Waals surface area (Å²) in [6.07, 6.45) is 4.19. The van der Waals surface area contributed by atoms with Gasteiger partial charge in [0.1, 0.15) is 0 Å². The third-order valence-electron chi connectivity index (χ3n) is 2.29. The van der Waals surface area contributed by atoms with E-state index in [9.17, 15) is 4.79 Å². The predicted molar refractivity (Wildman–Crippen MR) is 62.5 cm³/mol. The second kappa shape index (κ2) is 5.23. The minimum atomic E-state index is 0.0613. The summed E-state index contributed by atoms with van der Waals surface area (Å²) in [6.45, 7) is 1.01. The average molecular weight is 225 g/mol. The van der Waals surface area contributed by atoms with Crippen molar-refractivity contribution in [1.29, 1.82) is 0 Å². The van der Waals surface area contributed by atoms with Crippen LogP contribution in [-0.2, 0) is 4.79 Å². The SMILES string of the molecule is O=C(CC1CSCCN1)Nn1cccc1. The Morgan fingerprint density at radius 2 is 2.33 bits per heavy atom. The first-order valence-electron chi connectivity index (χ1n) is 5.08. The van der Waals surface area contributed by atoms with Gasteiger partial charge in [0, 0.05) is 42.9 Å². The molecule has 82 valence electrons. The first-order chi connectivity index (χ1) is 7.34. The Labute approximate surface area is 93.4 Å². The largest absolute Gasteiger partial charge is 0.312 e. The fourth-order valence-corrected chi connectivity index (χ4v) is 2.52. The van der Waals surface area contributed by atoms with Crippen LogP contribution in [0.5, 0.6) is 0 Å². The van der Waals surface area contributed by atoms with Crippen molar-refractivity contribution in [3.05, 3.63) is 24.5 Å². The van der Waals surface area contributed by atoms with Crippen LogP contribution in [0, 0.1) is 0 Å². The van der Waals surface area contributed by atoms with E-state index in [1.807, 2.05) is 36.3 Å². The summed E-state index contributed by atoms with van der Waals surface area (Å²) < 4.78 is 1.68. The van der Waals surface area contributed by atoms with E-state index >= 15 is 0 Å². The minimum absolute atomic E-state index is 0.0613. The van der Waals surface area contributed by atoms with E-state index in [2.05, 4.69) is 10.7 Å². The van der Waals surface area contributed by atoms with Crippen LogP contribution in [0.2, 0.25) is 0 Å². The number of aromatic nitrogens is 1. The molecule has 1 amide bonds. The van der Waals surface area contributed by atoms with Gasteiger partial charge in [-0.15, -0.1) is 0 Å². The van der Waals surface area contributed by atoms with Crippen molar-refractivity contribution < 1.29 is 4.79 Å². The lowest BCUT2D eigenvalue weighted by Gasteiger charge is -2.22. The number of carbonyl (C=O) groups is 1. The average Bonchev–Trinajstić information content (AvgIpc) is 2.71. The van der Waals surface area contributed by atoms with Crippen LogP contribution in [0.3, 0.4) is 0 Å². The molecule has 2 heterocycles. The molecule has 0 aromatic carbocycles. The molecule has 1 unspecified atom stereocenters. The van der Waals surface area contributed by atoms with Crippen LogP contribution in [-0.4, -0.2) is 34.7 Å². The lowest BCUT2D eigenvalue weighted by Crippen LogP contribution is -2.40. The van der Waals surface area contributed by atoms with Crippen molar-refractivity contribution in [2.45, 2.75) is 12.5 Å². The zero-order valence-corrected chi connectivity index (χ0v) is 9.30. The lowest BCUT2D eigenvalue weighted by molar-refractivity contribution is -0.117. The summed E-state index contributed by atoms with van der Waals surface area (Å²) in [6, 6.07) is 4.09. The molecule has 0 radical (unpaired) electrons. The quantitative estimate of drug-likeness (QED) is 0.794. The van der Waals surface area contributed by atoms with Crippen LogP contribution < -0.4 is 10.7 Å². The van der Waals surface area contributed by atoms with Crippen LogP contribution in [0.1, 0.15) is 6.42 Å². The van der Waals surface area contributed by atoms with Gasteiger partial charge in [-0.3, -0.25) is 14.9 Å².